The molecule has 1 aliphatic heterocycles. The van der Waals surface area contributed by atoms with Crippen LogP contribution >= 0.6 is 34.4 Å². The molecule has 1 saturated heterocycles. The van der Waals surface area contributed by atoms with Crippen LogP contribution in [-0.2, 0) is 17.0 Å². The predicted octanol–water partition coefficient (Wildman–Crippen LogP) is 7.24. The SMILES string of the molecule is Ic1cccc(CSc2nnc(-c3cc(-c4ccccc4)nc4ccccc34)n2C[C@H]2CCCO2)c1. The molecule has 2 aromatic heterocycles. The lowest BCUT2D eigenvalue weighted by molar-refractivity contribution is 0.0953. The largest absolute Gasteiger partial charge is 0.376 e. The molecule has 5 aromatic rings. The zero-order chi connectivity index (χ0) is 24.3. The lowest BCUT2D eigenvalue weighted by Crippen LogP contribution is -2.16. The number of para-hydroxylation sites is 1. The second-order valence-electron chi connectivity index (χ2n) is 8.91. The summed E-state index contributed by atoms with van der Waals surface area (Å²) in [5.74, 6) is 1.71. The van der Waals surface area contributed by atoms with Crippen LogP contribution in [0.2, 0.25) is 0 Å². The second-order valence-corrected chi connectivity index (χ2v) is 11.1. The van der Waals surface area contributed by atoms with E-state index in [-0.39, 0.29) is 6.10 Å². The topological polar surface area (TPSA) is 52.8 Å². The molecule has 6 rings (SSSR count). The highest BCUT2D eigenvalue weighted by atomic mass is 127. The van der Waals surface area contributed by atoms with Crippen LogP contribution in [0.3, 0.4) is 0 Å². The summed E-state index contributed by atoms with van der Waals surface area (Å²) in [6.07, 6.45) is 2.34. The van der Waals surface area contributed by atoms with Crippen molar-refractivity contribution in [3.8, 4) is 22.6 Å². The predicted molar refractivity (Wildman–Crippen MR) is 154 cm³/mol. The smallest absolute Gasteiger partial charge is 0.191 e. The fourth-order valence-electron chi connectivity index (χ4n) is 4.64. The van der Waals surface area contributed by atoms with E-state index in [1.165, 1.54) is 9.13 Å². The van der Waals surface area contributed by atoms with Crippen molar-refractivity contribution in [2.75, 3.05) is 6.61 Å². The summed E-state index contributed by atoms with van der Waals surface area (Å²) in [4.78, 5) is 4.97. The number of halogens is 1. The van der Waals surface area contributed by atoms with Crippen LogP contribution < -0.4 is 0 Å². The van der Waals surface area contributed by atoms with Crippen molar-refractivity contribution < 1.29 is 4.74 Å². The molecule has 0 unspecified atom stereocenters. The monoisotopic (exact) mass is 604 g/mol. The summed E-state index contributed by atoms with van der Waals surface area (Å²) in [5, 5.41) is 11.4. The highest BCUT2D eigenvalue weighted by molar-refractivity contribution is 14.1. The van der Waals surface area contributed by atoms with Gasteiger partial charge in [0.2, 0.25) is 0 Å². The van der Waals surface area contributed by atoms with Crippen molar-refractivity contribution >= 4 is 45.3 Å². The fourth-order valence-corrected chi connectivity index (χ4v) is 6.14. The quantitative estimate of drug-likeness (QED) is 0.145. The van der Waals surface area contributed by atoms with E-state index in [9.17, 15) is 0 Å². The molecule has 7 heteroatoms. The van der Waals surface area contributed by atoms with Crippen LogP contribution in [0.15, 0.2) is 90.1 Å². The summed E-state index contributed by atoms with van der Waals surface area (Å²) in [5.41, 5.74) is 5.30. The second kappa shape index (κ2) is 10.7. The molecule has 3 aromatic carbocycles. The van der Waals surface area contributed by atoms with Crippen LogP contribution in [0.4, 0.5) is 0 Å². The number of nitrogens with zero attached hydrogens (tertiary/aromatic N) is 4. The maximum absolute atomic E-state index is 6.03. The molecule has 0 saturated carbocycles. The first-order chi connectivity index (χ1) is 17.7. The van der Waals surface area contributed by atoms with E-state index < -0.39 is 0 Å². The number of hydrogen-bond acceptors (Lipinski definition) is 5. The van der Waals surface area contributed by atoms with Crippen LogP contribution in [0.1, 0.15) is 18.4 Å². The number of fused-ring (bicyclic) bond motifs is 1. The third kappa shape index (κ3) is 5.05. The van der Waals surface area contributed by atoms with E-state index >= 15 is 0 Å². The van der Waals surface area contributed by atoms with Gasteiger partial charge in [0.1, 0.15) is 0 Å². The summed E-state index contributed by atoms with van der Waals surface area (Å²) < 4.78 is 9.53. The molecule has 0 aliphatic carbocycles. The minimum atomic E-state index is 0.179. The van der Waals surface area contributed by atoms with E-state index in [2.05, 4.69) is 92.9 Å². The van der Waals surface area contributed by atoms with Crippen molar-refractivity contribution in [1.82, 2.24) is 19.7 Å². The summed E-state index contributed by atoms with van der Waals surface area (Å²) >= 11 is 4.09. The molecule has 0 spiro atoms. The molecule has 0 radical (unpaired) electrons. The molecule has 3 heterocycles. The number of aromatic nitrogens is 4. The Balaban J connectivity index is 1.45. The van der Waals surface area contributed by atoms with Crippen molar-refractivity contribution in [2.45, 2.75) is 36.4 Å². The molecule has 0 N–H and O–H groups in total. The Morgan fingerprint density at radius 2 is 1.81 bits per heavy atom. The van der Waals surface area contributed by atoms with Crippen molar-refractivity contribution in [3.05, 3.63) is 94.1 Å². The van der Waals surface area contributed by atoms with Gasteiger partial charge in [-0.2, -0.15) is 0 Å². The van der Waals surface area contributed by atoms with E-state index in [0.717, 1.165) is 70.5 Å². The normalized spacial score (nSPS) is 15.5. The van der Waals surface area contributed by atoms with E-state index in [0.29, 0.717) is 0 Å². The van der Waals surface area contributed by atoms with Crippen LogP contribution in [0.25, 0.3) is 33.5 Å². The van der Waals surface area contributed by atoms with Gasteiger partial charge in [-0.1, -0.05) is 72.4 Å². The number of rotatable bonds is 7. The lowest BCUT2D eigenvalue weighted by Gasteiger charge is -2.16. The Morgan fingerprint density at radius 3 is 2.64 bits per heavy atom. The van der Waals surface area contributed by atoms with Crippen molar-refractivity contribution in [1.29, 1.82) is 0 Å². The molecule has 5 nitrogen and oxygen atoms in total. The Labute approximate surface area is 228 Å². The van der Waals surface area contributed by atoms with Gasteiger partial charge < -0.3 is 4.74 Å². The van der Waals surface area contributed by atoms with Gasteiger partial charge >= 0.3 is 0 Å². The first-order valence-electron chi connectivity index (χ1n) is 12.1. The summed E-state index contributed by atoms with van der Waals surface area (Å²) in [6, 6.07) is 29.4. The Kier molecular flexibility index (Phi) is 7.03. The van der Waals surface area contributed by atoms with E-state index in [1.807, 2.05) is 24.3 Å². The molecule has 1 fully saturated rings. The molecule has 0 amide bonds. The third-order valence-corrected chi connectivity index (χ3v) is 8.12. The Hall–Kier alpha value is -2.75. The number of pyridine rings is 1. The van der Waals surface area contributed by atoms with Crippen molar-refractivity contribution in [3.63, 3.8) is 0 Å². The van der Waals surface area contributed by atoms with Gasteiger partial charge in [-0.3, -0.25) is 4.57 Å². The maximum atomic E-state index is 6.03. The van der Waals surface area contributed by atoms with Crippen LogP contribution in [0, 0.1) is 3.57 Å². The Morgan fingerprint density at radius 1 is 0.944 bits per heavy atom. The number of benzene rings is 3. The standard InChI is InChI=1S/C29H25IN4OS/c30-22-11-6-8-20(16-22)19-36-29-33-32-28(34(29)18-23-12-7-15-35-23)25-17-27(21-9-2-1-3-10-21)31-26-14-5-4-13-24(25)26/h1-6,8-11,13-14,16-17,23H,7,12,15,18-19H2/t23-/m1/s1. The number of hydrogen-bond donors (Lipinski definition) is 0. The van der Waals surface area contributed by atoms with Gasteiger partial charge in [0.05, 0.1) is 23.9 Å². The molecular formula is C29H25IN4OS. The highest BCUT2D eigenvalue weighted by Crippen LogP contribution is 2.34. The molecule has 180 valence electrons. The summed E-state index contributed by atoms with van der Waals surface area (Å²) in [7, 11) is 0. The van der Waals surface area contributed by atoms with Crippen molar-refractivity contribution in [2.24, 2.45) is 0 Å². The zero-order valence-electron chi connectivity index (χ0n) is 19.7. The van der Waals surface area contributed by atoms with Gasteiger partial charge in [-0.15, -0.1) is 10.2 Å². The van der Waals surface area contributed by atoms with Gasteiger partial charge in [-0.25, -0.2) is 4.98 Å². The van der Waals surface area contributed by atoms with Crippen LogP contribution in [0.5, 0.6) is 0 Å². The molecule has 1 aliphatic rings. The zero-order valence-corrected chi connectivity index (χ0v) is 22.7. The maximum Gasteiger partial charge on any atom is 0.191 e. The van der Waals surface area contributed by atoms with Gasteiger partial charge in [0.25, 0.3) is 0 Å². The van der Waals surface area contributed by atoms with Gasteiger partial charge in [0.15, 0.2) is 11.0 Å². The number of ether oxygens (including phenoxy) is 1. The third-order valence-electron chi connectivity index (χ3n) is 6.41. The van der Waals surface area contributed by atoms with Crippen LogP contribution in [-0.4, -0.2) is 32.5 Å². The number of thioether (sulfide) groups is 1. The average molecular weight is 605 g/mol. The molecule has 0 bridgehead atoms. The molecule has 1 atom stereocenters. The molecule has 36 heavy (non-hydrogen) atoms. The highest BCUT2D eigenvalue weighted by Gasteiger charge is 2.23. The minimum Gasteiger partial charge on any atom is -0.376 e. The average Bonchev–Trinajstić information content (AvgIpc) is 3.58. The first-order valence-corrected chi connectivity index (χ1v) is 14.2. The van der Waals surface area contributed by atoms with E-state index in [4.69, 9.17) is 14.8 Å². The first kappa shape index (κ1) is 23.6. The summed E-state index contributed by atoms with van der Waals surface area (Å²) in [6.45, 7) is 1.57. The minimum absolute atomic E-state index is 0.179. The lowest BCUT2D eigenvalue weighted by atomic mass is 10.0. The van der Waals surface area contributed by atoms with E-state index in [1.54, 1.807) is 11.8 Å². The fraction of sp³-hybridized carbons (Fsp3) is 0.207. The van der Waals surface area contributed by atoms with Gasteiger partial charge in [-0.05, 0) is 65.3 Å². The van der Waals surface area contributed by atoms with Gasteiger partial charge in [0, 0.05) is 32.4 Å². The molecular weight excluding hydrogens is 579 g/mol. The Bertz CT molecular complexity index is 1500.